The zero-order valence-electron chi connectivity index (χ0n) is 24.8. The van der Waals surface area contributed by atoms with Gasteiger partial charge in [0.25, 0.3) is 6.47 Å². The molecule has 0 heterocycles. The fourth-order valence-electron chi connectivity index (χ4n) is 4.79. The minimum Gasteiger partial charge on any atom is -0.493 e. The standard InChI is InChI=1S/C39H34O4/c1-4-32-22-29(6-7-30-10-15-37-26-39(43-28(2)3)19-17-35(37)23-30)8-12-33(32)13-9-31-11-14-36-25-38(18-16-34(36)24-31)42-21-5-20-41-27-40/h8,10-12,14-19,22-28H,4-5,20-21H2,1-3H3. The molecule has 0 amide bonds. The van der Waals surface area contributed by atoms with Crippen molar-refractivity contribution < 1.29 is 19.0 Å². The van der Waals surface area contributed by atoms with Crippen LogP contribution in [0.4, 0.5) is 0 Å². The number of benzene rings is 5. The van der Waals surface area contributed by atoms with E-state index in [1.165, 1.54) is 5.56 Å². The van der Waals surface area contributed by atoms with Crippen LogP contribution in [0.5, 0.6) is 11.5 Å². The molecule has 0 saturated carbocycles. The lowest BCUT2D eigenvalue weighted by atomic mass is 10.0. The van der Waals surface area contributed by atoms with E-state index in [4.69, 9.17) is 14.2 Å². The predicted molar refractivity (Wildman–Crippen MR) is 174 cm³/mol. The third-order valence-electron chi connectivity index (χ3n) is 6.92. The van der Waals surface area contributed by atoms with Crippen LogP contribution in [0, 0.1) is 23.7 Å². The molecule has 0 aromatic heterocycles. The molecular weight excluding hydrogens is 532 g/mol. The summed E-state index contributed by atoms with van der Waals surface area (Å²) in [6.07, 6.45) is 1.67. The first-order valence-corrected chi connectivity index (χ1v) is 14.6. The molecule has 0 radical (unpaired) electrons. The maximum Gasteiger partial charge on any atom is 0.293 e. The Kier molecular flexibility index (Phi) is 9.63. The Morgan fingerprint density at radius 2 is 1.21 bits per heavy atom. The zero-order chi connectivity index (χ0) is 30.0. The molecule has 0 N–H and O–H groups in total. The van der Waals surface area contributed by atoms with Gasteiger partial charge in [0.15, 0.2) is 0 Å². The minimum absolute atomic E-state index is 0.149. The van der Waals surface area contributed by atoms with Gasteiger partial charge in [0.05, 0.1) is 19.3 Å². The maximum atomic E-state index is 10.2. The van der Waals surface area contributed by atoms with Crippen molar-refractivity contribution in [2.24, 2.45) is 0 Å². The van der Waals surface area contributed by atoms with Crippen molar-refractivity contribution in [1.29, 1.82) is 0 Å². The number of carbonyl (C=O) groups excluding carboxylic acids is 1. The number of rotatable bonds is 9. The molecule has 4 nitrogen and oxygen atoms in total. The summed E-state index contributed by atoms with van der Waals surface area (Å²) >= 11 is 0. The third kappa shape index (κ3) is 7.97. The van der Waals surface area contributed by atoms with Crippen molar-refractivity contribution in [1.82, 2.24) is 0 Å². The second kappa shape index (κ2) is 14.1. The average Bonchev–Trinajstić information content (AvgIpc) is 3.02. The molecule has 5 rings (SSSR count). The Balaban J connectivity index is 1.28. The molecule has 0 bridgehead atoms. The first-order valence-electron chi connectivity index (χ1n) is 14.6. The van der Waals surface area contributed by atoms with Gasteiger partial charge in [-0.1, -0.05) is 54.9 Å². The molecule has 0 fully saturated rings. The van der Waals surface area contributed by atoms with Crippen LogP contribution in [0.15, 0.2) is 91.0 Å². The van der Waals surface area contributed by atoms with E-state index in [1.54, 1.807) is 0 Å². The second-order valence-corrected chi connectivity index (χ2v) is 10.5. The second-order valence-electron chi connectivity index (χ2n) is 10.5. The van der Waals surface area contributed by atoms with Crippen molar-refractivity contribution >= 4 is 28.0 Å². The van der Waals surface area contributed by atoms with Gasteiger partial charge in [0.1, 0.15) is 11.5 Å². The van der Waals surface area contributed by atoms with E-state index in [0.717, 1.165) is 61.7 Å². The van der Waals surface area contributed by atoms with Gasteiger partial charge in [-0.15, -0.1) is 0 Å². The highest BCUT2D eigenvalue weighted by atomic mass is 16.5. The highest BCUT2D eigenvalue weighted by Crippen LogP contribution is 2.24. The molecule has 0 aliphatic rings. The molecule has 0 aliphatic heterocycles. The van der Waals surface area contributed by atoms with Crippen LogP contribution in [0.2, 0.25) is 0 Å². The van der Waals surface area contributed by atoms with Gasteiger partial charge in [0, 0.05) is 28.7 Å². The molecule has 0 aliphatic carbocycles. The van der Waals surface area contributed by atoms with Gasteiger partial charge in [-0.3, -0.25) is 4.79 Å². The predicted octanol–water partition coefficient (Wildman–Crippen LogP) is 8.08. The van der Waals surface area contributed by atoms with E-state index in [1.807, 2.05) is 50.2 Å². The Morgan fingerprint density at radius 3 is 1.86 bits per heavy atom. The van der Waals surface area contributed by atoms with Gasteiger partial charge in [-0.25, -0.2) is 0 Å². The Hall–Kier alpha value is -5.19. The topological polar surface area (TPSA) is 44.8 Å². The van der Waals surface area contributed by atoms with Crippen molar-refractivity contribution in [2.45, 2.75) is 39.7 Å². The van der Waals surface area contributed by atoms with Gasteiger partial charge >= 0.3 is 0 Å². The van der Waals surface area contributed by atoms with Gasteiger partial charge < -0.3 is 14.2 Å². The molecule has 5 aromatic carbocycles. The summed E-state index contributed by atoms with van der Waals surface area (Å²) in [4.78, 5) is 10.2. The molecule has 0 saturated heterocycles. The molecule has 4 heteroatoms. The molecule has 5 aromatic rings. The molecule has 214 valence electrons. The molecule has 0 atom stereocenters. The molecule has 43 heavy (non-hydrogen) atoms. The normalized spacial score (nSPS) is 10.5. The fraction of sp³-hybridized carbons (Fsp3) is 0.205. The number of aryl methyl sites for hydroxylation is 1. The Morgan fingerprint density at radius 1 is 0.651 bits per heavy atom. The van der Waals surface area contributed by atoms with Crippen molar-refractivity contribution in [3.05, 3.63) is 119 Å². The number of fused-ring (bicyclic) bond motifs is 2. The Labute approximate surface area is 253 Å². The summed E-state index contributed by atoms with van der Waals surface area (Å²) in [6, 6.07) is 30.9. The molecule has 0 spiro atoms. The van der Waals surface area contributed by atoms with Crippen LogP contribution in [-0.4, -0.2) is 25.8 Å². The van der Waals surface area contributed by atoms with E-state index in [2.05, 4.69) is 85.2 Å². The summed E-state index contributed by atoms with van der Waals surface area (Å²) in [5.41, 5.74) is 5.10. The van der Waals surface area contributed by atoms with Crippen molar-refractivity contribution in [3.8, 4) is 35.2 Å². The smallest absolute Gasteiger partial charge is 0.293 e. The van der Waals surface area contributed by atoms with Gasteiger partial charge in [-0.05, 0) is 114 Å². The first-order chi connectivity index (χ1) is 21.0. The summed E-state index contributed by atoms with van der Waals surface area (Å²) < 4.78 is 16.3. The van der Waals surface area contributed by atoms with E-state index in [-0.39, 0.29) is 6.10 Å². The van der Waals surface area contributed by atoms with Crippen LogP contribution in [0.25, 0.3) is 21.5 Å². The van der Waals surface area contributed by atoms with Crippen molar-refractivity contribution in [3.63, 3.8) is 0 Å². The molecule has 0 unspecified atom stereocenters. The largest absolute Gasteiger partial charge is 0.493 e. The summed E-state index contributed by atoms with van der Waals surface area (Å²) in [5.74, 6) is 15.0. The number of ether oxygens (including phenoxy) is 3. The van der Waals surface area contributed by atoms with Gasteiger partial charge in [0.2, 0.25) is 0 Å². The first kappa shape index (κ1) is 29.3. The number of hydrogen-bond donors (Lipinski definition) is 0. The third-order valence-corrected chi connectivity index (χ3v) is 6.92. The summed E-state index contributed by atoms with van der Waals surface area (Å²) in [6.45, 7) is 7.51. The Bertz CT molecular complexity index is 1880. The van der Waals surface area contributed by atoms with Crippen LogP contribution in [0.1, 0.15) is 55.0 Å². The average molecular weight is 567 g/mol. The van der Waals surface area contributed by atoms with E-state index in [0.29, 0.717) is 26.1 Å². The highest BCUT2D eigenvalue weighted by molar-refractivity contribution is 5.86. The quantitative estimate of drug-likeness (QED) is 0.103. The van der Waals surface area contributed by atoms with E-state index >= 15 is 0 Å². The van der Waals surface area contributed by atoms with Crippen molar-refractivity contribution in [2.75, 3.05) is 13.2 Å². The minimum atomic E-state index is 0.149. The molecular formula is C39H34O4. The van der Waals surface area contributed by atoms with Gasteiger partial charge in [-0.2, -0.15) is 0 Å². The summed E-state index contributed by atoms with van der Waals surface area (Å²) in [7, 11) is 0. The summed E-state index contributed by atoms with van der Waals surface area (Å²) in [5, 5.41) is 4.46. The number of hydrogen-bond acceptors (Lipinski definition) is 4. The monoisotopic (exact) mass is 566 g/mol. The zero-order valence-corrected chi connectivity index (χ0v) is 24.8. The van der Waals surface area contributed by atoms with E-state index < -0.39 is 0 Å². The lowest BCUT2D eigenvalue weighted by molar-refractivity contribution is -0.128. The maximum absolute atomic E-state index is 10.2. The lowest BCUT2D eigenvalue weighted by Gasteiger charge is -2.10. The van der Waals surface area contributed by atoms with Crippen LogP contribution >= 0.6 is 0 Å². The van der Waals surface area contributed by atoms with Crippen LogP contribution < -0.4 is 9.47 Å². The lowest BCUT2D eigenvalue weighted by Crippen LogP contribution is -2.05. The van der Waals surface area contributed by atoms with Crippen LogP contribution in [-0.2, 0) is 16.0 Å². The number of carbonyl (C=O) groups is 1. The highest BCUT2D eigenvalue weighted by Gasteiger charge is 2.03. The fourth-order valence-corrected chi connectivity index (χ4v) is 4.79. The van der Waals surface area contributed by atoms with E-state index in [9.17, 15) is 4.79 Å². The van der Waals surface area contributed by atoms with Crippen LogP contribution in [0.3, 0.4) is 0 Å². The SMILES string of the molecule is CCc1cc(C#Cc2ccc3cc(OC(C)C)ccc3c2)ccc1C#Cc1ccc2cc(OCCCOC=O)ccc2c1.